The summed E-state index contributed by atoms with van der Waals surface area (Å²) < 4.78 is 13.0. The number of rotatable bonds is 3. The van der Waals surface area contributed by atoms with E-state index in [0.717, 1.165) is 11.1 Å². The molecule has 0 radical (unpaired) electrons. The molecule has 1 aromatic heterocycles. The Morgan fingerprint density at radius 3 is 2.16 bits per heavy atom. The summed E-state index contributed by atoms with van der Waals surface area (Å²) in [5, 5.41) is 29.9. The summed E-state index contributed by atoms with van der Waals surface area (Å²) in [6, 6.07) is 15.2. The van der Waals surface area contributed by atoms with E-state index >= 15 is 0 Å². The van der Waals surface area contributed by atoms with Crippen molar-refractivity contribution in [2.75, 3.05) is 6.61 Å². The molecular formula is C22H20N2O6S. The van der Waals surface area contributed by atoms with Gasteiger partial charge in [0.1, 0.15) is 34.5 Å². The monoisotopic (exact) mass is 440 g/mol. The number of aromatic amines is 1. The van der Waals surface area contributed by atoms with Crippen molar-refractivity contribution in [2.45, 2.75) is 30.5 Å². The van der Waals surface area contributed by atoms with Gasteiger partial charge in [-0.2, -0.15) is 0 Å². The Morgan fingerprint density at radius 1 is 0.968 bits per heavy atom. The van der Waals surface area contributed by atoms with Crippen molar-refractivity contribution >= 4 is 12.2 Å². The number of ether oxygens (including phenoxy) is 2. The molecule has 3 aromatic rings. The van der Waals surface area contributed by atoms with Crippen molar-refractivity contribution in [3.8, 4) is 11.5 Å². The van der Waals surface area contributed by atoms with Crippen LogP contribution in [0, 0.1) is 4.64 Å². The molecule has 0 bridgehead atoms. The van der Waals surface area contributed by atoms with E-state index in [4.69, 9.17) is 21.7 Å². The lowest BCUT2D eigenvalue weighted by atomic mass is 9.84. The second-order valence-electron chi connectivity index (χ2n) is 7.59. The van der Waals surface area contributed by atoms with E-state index in [1.807, 2.05) is 48.5 Å². The molecule has 0 saturated carbocycles. The number of nitrogens with one attached hydrogen (secondary N) is 1. The lowest BCUT2D eigenvalue weighted by molar-refractivity contribution is -0.0551. The summed E-state index contributed by atoms with van der Waals surface area (Å²) in [7, 11) is 0. The molecular weight excluding hydrogens is 420 g/mol. The molecule has 1 saturated heterocycles. The quantitative estimate of drug-likeness (QED) is 0.359. The van der Waals surface area contributed by atoms with Crippen LogP contribution < -0.4 is 10.4 Å². The Labute approximate surface area is 182 Å². The number of nitrogens with zero attached hydrogens (tertiary/aromatic N) is 1. The molecule has 160 valence electrons. The fraction of sp³-hybridized carbons (Fsp3) is 0.273. The van der Waals surface area contributed by atoms with Crippen LogP contribution in [0.2, 0.25) is 0 Å². The van der Waals surface area contributed by atoms with Gasteiger partial charge in [-0.1, -0.05) is 48.6 Å². The summed E-state index contributed by atoms with van der Waals surface area (Å²) in [6.07, 6.45) is -3.33. The van der Waals surface area contributed by atoms with E-state index in [-0.39, 0.29) is 10.6 Å². The first kappa shape index (κ1) is 20.1. The van der Waals surface area contributed by atoms with Crippen LogP contribution in [0.15, 0.2) is 59.5 Å². The number of fused-ring (bicyclic) bond motifs is 2. The predicted octanol–water partition coefficient (Wildman–Crippen LogP) is 1.80. The largest absolute Gasteiger partial charge is 0.457 e. The second-order valence-corrected chi connectivity index (χ2v) is 8.00. The second kappa shape index (κ2) is 7.70. The van der Waals surface area contributed by atoms with E-state index < -0.39 is 36.8 Å². The number of hydrogen-bond donors (Lipinski definition) is 4. The molecule has 1 fully saturated rings. The Kier molecular flexibility index (Phi) is 4.99. The Morgan fingerprint density at radius 2 is 1.58 bits per heavy atom. The number of aliphatic hydroxyl groups is 3. The fourth-order valence-corrected chi connectivity index (χ4v) is 4.51. The van der Waals surface area contributed by atoms with Crippen molar-refractivity contribution in [3.05, 3.63) is 86.5 Å². The van der Waals surface area contributed by atoms with Crippen LogP contribution in [0.1, 0.15) is 28.8 Å². The van der Waals surface area contributed by atoms with Gasteiger partial charge < -0.3 is 24.8 Å². The predicted molar refractivity (Wildman–Crippen MR) is 113 cm³/mol. The van der Waals surface area contributed by atoms with Gasteiger partial charge in [0.05, 0.1) is 6.61 Å². The summed E-state index contributed by atoms with van der Waals surface area (Å²) in [5.74, 6) is 1.05. The zero-order chi connectivity index (χ0) is 21.7. The average Bonchev–Trinajstić information content (AvgIpc) is 3.06. The molecule has 4 N–H and O–H groups in total. The van der Waals surface area contributed by atoms with Gasteiger partial charge in [-0.3, -0.25) is 9.55 Å². The molecule has 2 unspecified atom stereocenters. The standard InChI is InChI=1S/C22H20N2O6S/c25-10-16-18(26)19(27)21(30-16)24-9-13(20(31)23-22(24)28)17-11-5-1-3-7-14(11)29-15-8-4-2-6-12(15)17/h1-9,16-19,21,25-27H,10H2,(H,23,28,31)/t16-,18?,19?,21-/m0/s1. The maximum Gasteiger partial charge on any atom is 0.328 e. The third kappa shape index (κ3) is 3.22. The summed E-state index contributed by atoms with van der Waals surface area (Å²) in [5.41, 5.74) is 1.80. The zero-order valence-corrected chi connectivity index (χ0v) is 17.0. The highest BCUT2D eigenvalue weighted by molar-refractivity contribution is 7.71. The summed E-state index contributed by atoms with van der Waals surface area (Å²) >= 11 is 5.51. The van der Waals surface area contributed by atoms with E-state index in [1.54, 1.807) is 6.20 Å². The fourth-order valence-electron chi connectivity index (χ4n) is 4.25. The SMILES string of the molecule is O=c1[nH]c(=S)c(C2c3ccccc3Oc3ccccc32)cn1[C@H]1O[C@@H](CO)C(O)C1O. The van der Waals surface area contributed by atoms with Crippen LogP contribution in [0.25, 0.3) is 0 Å². The number of hydrogen-bond acceptors (Lipinski definition) is 7. The third-order valence-electron chi connectivity index (χ3n) is 5.78. The van der Waals surface area contributed by atoms with Gasteiger partial charge in [0, 0.05) is 28.8 Å². The molecule has 0 spiro atoms. The van der Waals surface area contributed by atoms with Gasteiger partial charge >= 0.3 is 5.69 Å². The molecule has 5 rings (SSSR count). The molecule has 31 heavy (non-hydrogen) atoms. The van der Waals surface area contributed by atoms with Crippen molar-refractivity contribution < 1.29 is 24.8 Å². The first-order chi connectivity index (χ1) is 15.0. The van der Waals surface area contributed by atoms with E-state index in [9.17, 15) is 20.1 Å². The summed E-state index contributed by atoms with van der Waals surface area (Å²) in [4.78, 5) is 15.3. The maximum absolute atomic E-state index is 12.7. The number of aliphatic hydroxyl groups excluding tert-OH is 3. The number of H-pyrrole nitrogens is 1. The Hall–Kier alpha value is -2.82. The first-order valence-electron chi connectivity index (χ1n) is 9.83. The molecule has 3 heterocycles. The zero-order valence-electron chi connectivity index (χ0n) is 16.2. The van der Waals surface area contributed by atoms with Gasteiger partial charge in [-0.25, -0.2) is 4.79 Å². The van der Waals surface area contributed by atoms with Gasteiger partial charge in [-0.05, 0) is 12.1 Å². The molecule has 0 aliphatic carbocycles. The summed E-state index contributed by atoms with van der Waals surface area (Å²) in [6.45, 7) is -0.486. The highest BCUT2D eigenvalue weighted by Gasteiger charge is 2.44. The van der Waals surface area contributed by atoms with Crippen LogP contribution in [-0.4, -0.2) is 49.8 Å². The van der Waals surface area contributed by atoms with Crippen molar-refractivity contribution in [1.82, 2.24) is 9.55 Å². The average molecular weight is 440 g/mol. The molecule has 2 aromatic carbocycles. The van der Waals surface area contributed by atoms with Crippen molar-refractivity contribution in [3.63, 3.8) is 0 Å². The Bertz CT molecular complexity index is 1210. The number of para-hydroxylation sites is 2. The molecule has 0 amide bonds. The minimum Gasteiger partial charge on any atom is -0.457 e. The van der Waals surface area contributed by atoms with Crippen LogP contribution in [-0.2, 0) is 4.74 Å². The first-order valence-corrected chi connectivity index (χ1v) is 10.2. The van der Waals surface area contributed by atoms with Gasteiger partial charge in [0.25, 0.3) is 0 Å². The molecule has 2 aliphatic heterocycles. The van der Waals surface area contributed by atoms with E-state index in [1.165, 1.54) is 4.57 Å². The normalized spacial score (nSPS) is 25.0. The van der Waals surface area contributed by atoms with Crippen LogP contribution >= 0.6 is 12.2 Å². The van der Waals surface area contributed by atoms with Gasteiger partial charge in [-0.15, -0.1) is 0 Å². The van der Waals surface area contributed by atoms with Gasteiger partial charge in [0.2, 0.25) is 0 Å². The van der Waals surface area contributed by atoms with Gasteiger partial charge in [0.15, 0.2) is 6.23 Å². The van der Waals surface area contributed by atoms with E-state index in [0.29, 0.717) is 17.1 Å². The minimum absolute atomic E-state index is 0.254. The molecule has 8 nitrogen and oxygen atoms in total. The number of aromatic nitrogens is 2. The Balaban J connectivity index is 1.69. The molecule has 9 heteroatoms. The van der Waals surface area contributed by atoms with Crippen molar-refractivity contribution in [1.29, 1.82) is 0 Å². The molecule has 4 atom stereocenters. The van der Waals surface area contributed by atoms with Crippen LogP contribution in [0.3, 0.4) is 0 Å². The topological polar surface area (TPSA) is 117 Å². The van der Waals surface area contributed by atoms with Crippen LogP contribution in [0.4, 0.5) is 0 Å². The highest BCUT2D eigenvalue weighted by atomic mass is 32.1. The van der Waals surface area contributed by atoms with E-state index in [2.05, 4.69) is 4.98 Å². The number of benzene rings is 2. The van der Waals surface area contributed by atoms with Crippen LogP contribution in [0.5, 0.6) is 11.5 Å². The highest BCUT2D eigenvalue weighted by Crippen LogP contribution is 2.47. The maximum atomic E-state index is 12.7. The smallest absolute Gasteiger partial charge is 0.328 e. The minimum atomic E-state index is -1.39. The third-order valence-corrected chi connectivity index (χ3v) is 6.12. The lowest BCUT2D eigenvalue weighted by Gasteiger charge is -2.29. The molecule has 2 aliphatic rings. The lowest BCUT2D eigenvalue weighted by Crippen LogP contribution is -2.36. The van der Waals surface area contributed by atoms with Crippen molar-refractivity contribution in [2.24, 2.45) is 0 Å².